The monoisotopic (exact) mass is 1320 g/mol. The normalized spacial score (nSPS) is 12.9. The molecule has 536 valence electrons. The predicted octanol–water partition coefficient (Wildman–Crippen LogP) is 9.39. The van der Waals surface area contributed by atoms with Crippen LogP contribution >= 0.6 is 0 Å². The van der Waals surface area contributed by atoms with Gasteiger partial charge < -0.3 is 57.2 Å². The number of piperazine rings is 1. The molecule has 0 bridgehead atoms. The molecule has 8 amide bonds. The van der Waals surface area contributed by atoms with Crippen LogP contribution in [0.5, 0.6) is 0 Å². The number of Topliss-reactive ketones (excluding diaryl/α,β-unsaturated/α-hetero) is 1. The third-order valence-corrected chi connectivity index (χ3v) is 15.9. The molecule has 1 aliphatic rings. The average Bonchev–Trinajstić information content (AvgIpc) is 0.824. The van der Waals surface area contributed by atoms with Crippen LogP contribution in [-0.2, 0) is 43.2 Å². The van der Waals surface area contributed by atoms with Gasteiger partial charge in [-0.2, -0.15) is 15.0 Å². The first kappa shape index (κ1) is 83.7. The number of amides is 8. The molecule has 23 heteroatoms. The zero-order valence-corrected chi connectivity index (χ0v) is 60.5. The van der Waals surface area contributed by atoms with Crippen LogP contribution < -0.4 is 52.3 Å². The van der Waals surface area contributed by atoms with Gasteiger partial charge in [0.05, 0.1) is 0 Å². The number of ketones is 1. The van der Waals surface area contributed by atoms with Gasteiger partial charge in [0.25, 0.3) is 0 Å². The molecule has 0 aromatic carbocycles. The molecule has 1 aliphatic heterocycles. The molecule has 0 saturated carbocycles. The van der Waals surface area contributed by atoms with Crippen molar-refractivity contribution >= 4 is 70.9 Å². The first-order chi connectivity index (χ1) is 44.4. The maximum atomic E-state index is 13.5. The Labute approximate surface area is 565 Å². The highest BCUT2D eigenvalue weighted by atomic mass is 16.2. The number of anilines is 3. The quantitative estimate of drug-likeness (QED) is 0.0223. The van der Waals surface area contributed by atoms with E-state index in [9.17, 15) is 43.2 Å². The largest absolute Gasteiger partial charge is 0.356 e. The molecular weight excluding hydrogens is 1190 g/mol. The number of allylic oxidation sites excluding steroid dienone is 1. The second kappa shape index (κ2) is 46.7. The summed E-state index contributed by atoms with van der Waals surface area (Å²) in [5.74, 6) is 0.0729. The number of aromatic nitrogens is 3. The van der Waals surface area contributed by atoms with Gasteiger partial charge in [0.1, 0.15) is 5.78 Å². The van der Waals surface area contributed by atoms with Crippen molar-refractivity contribution in [3.05, 3.63) is 12.2 Å². The van der Waals surface area contributed by atoms with E-state index >= 15 is 0 Å². The van der Waals surface area contributed by atoms with Crippen molar-refractivity contribution in [1.29, 1.82) is 0 Å². The van der Waals surface area contributed by atoms with E-state index in [0.29, 0.717) is 136 Å². The minimum atomic E-state index is -0.232. The summed E-state index contributed by atoms with van der Waals surface area (Å²) in [5.41, 5.74) is 0.652. The summed E-state index contributed by atoms with van der Waals surface area (Å²) in [4.78, 5) is 136. The Kier molecular flexibility index (Phi) is 41.5. The van der Waals surface area contributed by atoms with Gasteiger partial charge in [-0.05, 0) is 111 Å². The fraction of sp³-hybridized carbons (Fsp3) is 0.803. The van der Waals surface area contributed by atoms with Gasteiger partial charge in [-0.3, -0.25) is 43.2 Å². The van der Waals surface area contributed by atoms with E-state index in [-0.39, 0.29) is 138 Å². The second-order valence-corrected chi connectivity index (χ2v) is 30.2. The molecule has 1 fully saturated rings. The Morgan fingerprint density at radius 1 is 0.394 bits per heavy atom. The molecule has 1 aromatic heterocycles. The summed E-state index contributed by atoms with van der Waals surface area (Å²) in [6, 6.07) is 0. The van der Waals surface area contributed by atoms with Crippen molar-refractivity contribution in [2.75, 3.05) is 107 Å². The molecule has 8 N–H and O–H groups in total. The van der Waals surface area contributed by atoms with Crippen LogP contribution in [0.4, 0.5) is 17.8 Å². The van der Waals surface area contributed by atoms with Gasteiger partial charge >= 0.3 is 0 Å². The van der Waals surface area contributed by atoms with Crippen molar-refractivity contribution in [2.24, 2.45) is 21.7 Å². The Balaban J connectivity index is 2.15. The molecule has 0 aliphatic carbocycles. The van der Waals surface area contributed by atoms with Crippen LogP contribution in [0.3, 0.4) is 0 Å². The van der Waals surface area contributed by atoms with Crippen LogP contribution in [0.25, 0.3) is 0 Å². The van der Waals surface area contributed by atoms with Gasteiger partial charge in [-0.15, -0.1) is 0 Å². The minimum Gasteiger partial charge on any atom is -0.356 e. The van der Waals surface area contributed by atoms with Crippen LogP contribution in [-0.4, -0.2) is 165 Å². The van der Waals surface area contributed by atoms with Gasteiger partial charge in [0.15, 0.2) is 0 Å². The van der Waals surface area contributed by atoms with E-state index in [2.05, 4.69) is 105 Å². The van der Waals surface area contributed by atoms with Crippen molar-refractivity contribution in [1.82, 2.24) is 57.1 Å². The summed E-state index contributed by atoms with van der Waals surface area (Å²) < 4.78 is 0. The third-order valence-electron chi connectivity index (χ3n) is 15.9. The topological polar surface area (TPSA) is 298 Å². The summed E-state index contributed by atoms with van der Waals surface area (Å²) in [7, 11) is 0. The molecule has 2 heterocycles. The lowest BCUT2D eigenvalue weighted by molar-refractivity contribution is -0.132. The molecule has 1 saturated heterocycles. The lowest BCUT2D eigenvalue weighted by atomic mass is 9.89. The molecule has 0 spiro atoms. The van der Waals surface area contributed by atoms with Gasteiger partial charge in [0.2, 0.25) is 65.1 Å². The number of unbranched alkanes of at least 4 members (excludes halogenated alkanes) is 7. The highest BCUT2D eigenvalue weighted by Gasteiger charge is 2.26. The van der Waals surface area contributed by atoms with Crippen LogP contribution in [0.15, 0.2) is 12.2 Å². The number of hydrogen-bond acceptors (Lipinski definition) is 15. The van der Waals surface area contributed by atoms with Gasteiger partial charge in [0, 0.05) is 149 Å². The molecule has 94 heavy (non-hydrogen) atoms. The van der Waals surface area contributed by atoms with Crippen molar-refractivity contribution in [3.63, 3.8) is 0 Å². The molecule has 23 nitrogen and oxygen atoms in total. The number of carbonyl (C=O) groups is 9. The predicted molar refractivity (Wildman–Crippen MR) is 377 cm³/mol. The molecule has 2 rings (SSSR count). The fourth-order valence-corrected chi connectivity index (χ4v) is 10.2. The number of nitrogens with zero attached hydrogens (tertiary/aromatic N) is 6. The second-order valence-electron chi connectivity index (χ2n) is 30.2. The van der Waals surface area contributed by atoms with Gasteiger partial charge in [-0.25, -0.2) is 0 Å². The lowest BCUT2D eigenvalue weighted by Crippen LogP contribution is -2.49. The first-order valence-electron chi connectivity index (χ1n) is 35.7. The van der Waals surface area contributed by atoms with E-state index in [4.69, 9.17) is 15.0 Å². The van der Waals surface area contributed by atoms with Crippen molar-refractivity contribution in [2.45, 2.75) is 256 Å². The smallest absolute Gasteiger partial charge is 0.243 e. The Bertz CT molecular complexity index is 2380. The van der Waals surface area contributed by atoms with Crippen LogP contribution in [0.2, 0.25) is 0 Å². The maximum Gasteiger partial charge on any atom is 0.243 e. The molecular formula is C71H128N14O9. The van der Waals surface area contributed by atoms with E-state index in [1.54, 1.807) is 15.9 Å². The summed E-state index contributed by atoms with van der Waals surface area (Å²) >= 11 is 0. The lowest BCUT2D eigenvalue weighted by Gasteiger charge is -2.35. The molecule has 0 atom stereocenters. The van der Waals surface area contributed by atoms with E-state index in [0.717, 1.165) is 83.5 Å². The third kappa shape index (κ3) is 46.6. The minimum absolute atomic E-state index is 0.00393. The Morgan fingerprint density at radius 2 is 0.787 bits per heavy atom. The zero-order chi connectivity index (χ0) is 69.8. The summed E-state index contributed by atoms with van der Waals surface area (Å²) in [5, 5.41) is 23.9. The molecule has 0 unspecified atom stereocenters. The average molecular weight is 1320 g/mol. The van der Waals surface area contributed by atoms with Crippen LogP contribution in [0.1, 0.15) is 256 Å². The van der Waals surface area contributed by atoms with Crippen LogP contribution in [0, 0.1) is 21.7 Å². The van der Waals surface area contributed by atoms with Gasteiger partial charge in [-0.1, -0.05) is 121 Å². The highest BCUT2D eigenvalue weighted by Crippen LogP contribution is 2.25. The fourth-order valence-electron chi connectivity index (χ4n) is 10.2. The zero-order valence-electron chi connectivity index (χ0n) is 60.5. The number of rotatable bonds is 49. The Hall–Kier alpha value is -6.42. The summed E-state index contributed by atoms with van der Waals surface area (Å²) in [6.45, 7) is 31.1. The highest BCUT2D eigenvalue weighted by molar-refractivity contribution is 5.87. The van der Waals surface area contributed by atoms with Crippen molar-refractivity contribution < 1.29 is 43.2 Å². The van der Waals surface area contributed by atoms with E-state index < -0.39 is 0 Å². The first-order valence-corrected chi connectivity index (χ1v) is 35.7. The molecule has 0 radical (unpaired) electrons. The van der Waals surface area contributed by atoms with Crippen molar-refractivity contribution in [3.8, 4) is 0 Å². The Morgan fingerprint density at radius 3 is 1.24 bits per heavy atom. The molecule has 1 aromatic rings. The number of carbonyl (C=O) groups excluding carboxylic acids is 9. The number of nitrogens with one attached hydrogen (secondary N) is 8. The van der Waals surface area contributed by atoms with E-state index in [1.165, 1.54) is 0 Å². The summed E-state index contributed by atoms with van der Waals surface area (Å²) in [6.07, 6.45) is 21.3. The number of hydrogen-bond donors (Lipinski definition) is 8. The standard InChI is InChI=1S/C71H128N14O9/c1-68(2,3)38-19-15-28-56(86)29-18-24-44-74-61(91)35-49-79-65-80-66(82-67(81-65)85-54-52-83(53-55-85)64(94)33-25-32-59(89)72-42-22-13-14-23-43-73-60(90)34-41-71(10,11)12)84(50-36-62(92)77-47-26-45-75-57(87)30-16-20-39-69(4,5)6)51-37-63(93)78-48-27-46-76-58(88)31-17-21-40-70(7,8)9/h34,41H,13-33,35-40,42-55H2,1-12H3,(H,72,89)(H,73,90)(H,74,91)(H,75,87)(H,76,88)(H,77,92)(H,78,93)(H,79,80,81,82)/b41-34+. The SMILES string of the molecule is CC(C)(C)/C=C/C(=O)NCCCCCCNC(=O)CCCC(=O)N1CCN(c2nc(NCCC(=O)NCCCCC(=O)CCCCC(C)(C)C)nc(N(CCC(=O)NCCCNC(=O)CCCCC(C)(C)C)CCC(=O)NCCCNC(=O)CCCCC(C)(C)C)n2)CC1. The van der Waals surface area contributed by atoms with E-state index in [1.807, 2.05) is 31.7 Å². The maximum absolute atomic E-state index is 13.5.